The molecule has 11 heavy (non-hydrogen) atoms. The summed E-state index contributed by atoms with van der Waals surface area (Å²) in [7, 11) is 0. The Balaban J connectivity index is 2.87. The van der Waals surface area contributed by atoms with E-state index in [1.807, 2.05) is 0 Å². The molecule has 0 amide bonds. The van der Waals surface area contributed by atoms with E-state index in [-0.39, 0.29) is 0 Å². The molecule has 1 unspecified atom stereocenters. The van der Waals surface area contributed by atoms with E-state index in [1.54, 1.807) is 0 Å². The van der Waals surface area contributed by atoms with Crippen molar-refractivity contribution in [1.29, 1.82) is 0 Å². The van der Waals surface area contributed by atoms with Crippen molar-refractivity contribution < 1.29 is 0 Å². The van der Waals surface area contributed by atoms with Crippen molar-refractivity contribution in [2.45, 2.75) is 33.6 Å². The van der Waals surface area contributed by atoms with Crippen LogP contribution in [0.3, 0.4) is 0 Å². The highest BCUT2D eigenvalue weighted by atomic mass is 14.4. The molecule has 0 saturated heterocycles. The lowest BCUT2D eigenvalue weighted by molar-refractivity contribution is 0.310. The fraction of sp³-hybridized carbons (Fsp3) is 0.636. The minimum atomic E-state index is 0.330. The number of hydrogen-bond acceptors (Lipinski definition) is 0. The quantitative estimate of drug-likeness (QED) is 0.501. The topological polar surface area (TPSA) is 0 Å². The number of allylic oxidation sites excluding steroid dienone is 2. The predicted molar refractivity (Wildman–Crippen MR) is 50.5 cm³/mol. The fourth-order valence-corrected chi connectivity index (χ4v) is 2.00. The van der Waals surface area contributed by atoms with Crippen LogP contribution < -0.4 is 0 Å². The van der Waals surface area contributed by atoms with Gasteiger partial charge in [-0.2, -0.15) is 0 Å². The summed E-state index contributed by atoms with van der Waals surface area (Å²) in [6.45, 7) is 14.8. The summed E-state index contributed by atoms with van der Waals surface area (Å²) in [6, 6.07) is 0. The normalized spacial score (nSPS) is 37.7. The highest BCUT2D eigenvalue weighted by molar-refractivity contribution is 5.20. The van der Waals surface area contributed by atoms with E-state index < -0.39 is 0 Å². The molecule has 1 fully saturated rings. The summed E-state index contributed by atoms with van der Waals surface area (Å²) >= 11 is 0. The standard InChI is InChI=1S/C11H18/c1-8(2)11(5)7-9(3)6-10(11)4/h10H,1,3,6-7H2,2,4-5H3/t10?,11-/m0/s1. The predicted octanol–water partition coefficient (Wildman–Crippen LogP) is 3.55. The van der Waals surface area contributed by atoms with Gasteiger partial charge in [-0.15, -0.1) is 0 Å². The second-order valence-corrected chi connectivity index (χ2v) is 4.23. The van der Waals surface area contributed by atoms with Gasteiger partial charge in [0.25, 0.3) is 0 Å². The maximum absolute atomic E-state index is 4.05. The van der Waals surface area contributed by atoms with Gasteiger partial charge in [0.2, 0.25) is 0 Å². The van der Waals surface area contributed by atoms with Gasteiger partial charge in [0, 0.05) is 0 Å². The first-order valence-corrected chi connectivity index (χ1v) is 4.29. The van der Waals surface area contributed by atoms with Crippen LogP contribution in [0.2, 0.25) is 0 Å². The second-order valence-electron chi connectivity index (χ2n) is 4.23. The van der Waals surface area contributed by atoms with E-state index >= 15 is 0 Å². The lowest BCUT2D eigenvalue weighted by Crippen LogP contribution is -2.19. The van der Waals surface area contributed by atoms with Gasteiger partial charge in [-0.1, -0.05) is 38.2 Å². The third-order valence-corrected chi connectivity index (χ3v) is 3.27. The Morgan fingerprint density at radius 3 is 2.36 bits per heavy atom. The zero-order valence-electron chi connectivity index (χ0n) is 7.91. The molecule has 0 N–H and O–H groups in total. The first-order chi connectivity index (χ1) is 4.97. The van der Waals surface area contributed by atoms with E-state index in [0.717, 1.165) is 12.3 Å². The molecular weight excluding hydrogens is 132 g/mol. The van der Waals surface area contributed by atoms with Crippen LogP contribution in [0.1, 0.15) is 33.6 Å². The van der Waals surface area contributed by atoms with E-state index in [0.29, 0.717) is 5.41 Å². The first-order valence-electron chi connectivity index (χ1n) is 4.29. The Kier molecular flexibility index (Phi) is 1.96. The molecule has 1 saturated carbocycles. The minimum Gasteiger partial charge on any atom is -0.0998 e. The Labute approximate surface area is 70.0 Å². The van der Waals surface area contributed by atoms with Crippen LogP contribution in [-0.2, 0) is 0 Å². The van der Waals surface area contributed by atoms with Crippen molar-refractivity contribution in [2.24, 2.45) is 11.3 Å². The summed E-state index contributed by atoms with van der Waals surface area (Å²) in [4.78, 5) is 0. The summed E-state index contributed by atoms with van der Waals surface area (Å²) < 4.78 is 0. The summed E-state index contributed by atoms with van der Waals surface area (Å²) in [5.74, 6) is 0.729. The highest BCUT2D eigenvalue weighted by Gasteiger charge is 2.37. The number of rotatable bonds is 1. The zero-order valence-corrected chi connectivity index (χ0v) is 7.91. The van der Waals surface area contributed by atoms with Gasteiger partial charge in [0.05, 0.1) is 0 Å². The van der Waals surface area contributed by atoms with Crippen LogP contribution in [0, 0.1) is 11.3 Å². The maximum Gasteiger partial charge on any atom is -0.00562 e. The van der Waals surface area contributed by atoms with Gasteiger partial charge >= 0.3 is 0 Å². The van der Waals surface area contributed by atoms with Crippen molar-refractivity contribution in [3.05, 3.63) is 24.3 Å². The summed E-state index contributed by atoms with van der Waals surface area (Å²) in [6.07, 6.45) is 2.33. The average Bonchev–Trinajstić information content (AvgIpc) is 2.08. The Bertz CT molecular complexity index is 200. The molecule has 0 aromatic carbocycles. The molecule has 0 aliphatic heterocycles. The van der Waals surface area contributed by atoms with Crippen LogP contribution in [0.15, 0.2) is 24.3 Å². The van der Waals surface area contributed by atoms with Gasteiger partial charge in [-0.3, -0.25) is 0 Å². The largest absolute Gasteiger partial charge is 0.0998 e. The van der Waals surface area contributed by atoms with Crippen LogP contribution in [0.5, 0.6) is 0 Å². The van der Waals surface area contributed by atoms with E-state index in [2.05, 4.69) is 33.9 Å². The zero-order chi connectivity index (χ0) is 8.65. The van der Waals surface area contributed by atoms with Gasteiger partial charge in [0.1, 0.15) is 0 Å². The second kappa shape index (κ2) is 2.51. The van der Waals surface area contributed by atoms with Crippen molar-refractivity contribution >= 4 is 0 Å². The molecule has 0 aromatic heterocycles. The molecule has 2 atom stereocenters. The monoisotopic (exact) mass is 150 g/mol. The van der Waals surface area contributed by atoms with Gasteiger partial charge in [-0.25, -0.2) is 0 Å². The van der Waals surface area contributed by atoms with Crippen LogP contribution in [0.4, 0.5) is 0 Å². The fourth-order valence-electron chi connectivity index (χ4n) is 2.00. The van der Waals surface area contributed by atoms with Gasteiger partial charge in [0.15, 0.2) is 0 Å². The smallest absolute Gasteiger partial charge is 0.00562 e. The molecule has 0 nitrogen and oxygen atoms in total. The lowest BCUT2D eigenvalue weighted by atomic mass is 9.75. The third kappa shape index (κ3) is 1.26. The first kappa shape index (κ1) is 8.58. The Morgan fingerprint density at radius 2 is 2.18 bits per heavy atom. The van der Waals surface area contributed by atoms with Crippen molar-refractivity contribution in [3.8, 4) is 0 Å². The Morgan fingerprint density at radius 1 is 1.64 bits per heavy atom. The molecule has 1 aliphatic rings. The van der Waals surface area contributed by atoms with E-state index in [9.17, 15) is 0 Å². The summed E-state index contributed by atoms with van der Waals surface area (Å²) in [5, 5.41) is 0. The maximum atomic E-state index is 4.05. The minimum absolute atomic E-state index is 0.330. The van der Waals surface area contributed by atoms with E-state index in [4.69, 9.17) is 0 Å². The Hall–Kier alpha value is -0.520. The van der Waals surface area contributed by atoms with Gasteiger partial charge < -0.3 is 0 Å². The lowest BCUT2D eigenvalue weighted by Gasteiger charge is -2.29. The SMILES string of the molecule is C=C1CC(C)[C@](C)(C(=C)C)C1. The molecule has 0 heterocycles. The third-order valence-electron chi connectivity index (χ3n) is 3.27. The molecule has 0 radical (unpaired) electrons. The number of hydrogen-bond donors (Lipinski definition) is 0. The molecule has 0 aromatic rings. The molecule has 0 bridgehead atoms. The molecule has 0 spiro atoms. The van der Waals surface area contributed by atoms with Crippen molar-refractivity contribution in [2.75, 3.05) is 0 Å². The summed E-state index contributed by atoms with van der Waals surface area (Å²) in [5.41, 5.74) is 3.03. The molecule has 0 heteroatoms. The van der Waals surface area contributed by atoms with E-state index in [1.165, 1.54) is 17.6 Å². The molecule has 62 valence electrons. The van der Waals surface area contributed by atoms with Gasteiger partial charge in [-0.05, 0) is 31.1 Å². The van der Waals surface area contributed by atoms with Crippen LogP contribution in [-0.4, -0.2) is 0 Å². The van der Waals surface area contributed by atoms with Crippen molar-refractivity contribution in [1.82, 2.24) is 0 Å². The molecule has 1 rings (SSSR count). The van der Waals surface area contributed by atoms with Crippen LogP contribution >= 0.6 is 0 Å². The van der Waals surface area contributed by atoms with Crippen LogP contribution in [0.25, 0.3) is 0 Å². The highest BCUT2D eigenvalue weighted by Crippen LogP contribution is 2.49. The van der Waals surface area contributed by atoms with Crippen molar-refractivity contribution in [3.63, 3.8) is 0 Å². The molecule has 1 aliphatic carbocycles. The molecular formula is C11H18. The average molecular weight is 150 g/mol.